The minimum absolute atomic E-state index is 0.0373. The van der Waals surface area contributed by atoms with E-state index in [1.165, 1.54) is 22.6 Å². The lowest BCUT2D eigenvalue weighted by atomic mass is 9.97. The summed E-state index contributed by atoms with van der Waals surface area (Å²) in [5, 5.41) is 0. The van der Waals surface area contributed by atoms with E-state index in [-0.39, 0.29) is 5.65 Å². The molecule has 0 unspecified atom stereocenters. The van der Waals surface area contributed by atoms with Gasteiger partial charge >= 0.3 is 6.18 Å². The topological polar surface area (TPSA) is 20.5 Å². The first-order chi connectivity index (χ1) is 10.3. The van der Waals surface area contributed by atoms with E-state index >= 15 is 0 Å². The largest absolute Gasteiger partial charge is 0.420 e. The number of alkyl halides is 3. The maximum absolute atomic E-state index is 13.2. The van der Waals surface area contributed by atoms with E-state index in [0.29, 0.717) is 11.6 Å². The molecule has 3 nitrogen and oxygen atoms in total. The second-order valence-corrected chi connectivity index (χ2v) is 6.28. The van der Waals surface area contributed by atoms with Crippen molar-refractivity contribution in [3.05, 3.63) is 36.1 Å². The van der Waals surface area contributed by atoms with Crippen LogP contribution >= 0.6 is 0 Å². The van der Waals surface area contributed by atoms with Crippen LogP contribution in [-0.2, 0) is 6.18 Å². The van der Waals surface area contributed by atoms with Crippen molar-refractivity contribution in [3.8, 4) is 0 Å². The van der Waals surface area contributed by atoms with E-state index < -0.39 is 11.7 Å². The van der Waals surface area contributed by atoms with Crippen LogP contribution < -0.4 is 4.90 Å². The highest BCUT2D eigenvalue weighted by molar-refractivity contribution is 5.59. The van der Waals surface area contributed by atoms with Gasteiger partial charge in [-0.25, -0.2) is 4.98 Å². The zero-order chi connectivity index (χ0) is 15.9. The predicted molar refractivity (Wildman–Crippen MR) is 79.7 cm³/mol. The van der Waals surface area contributed by atoms with Crippen LogP contribution in [0.1, 0.15) is 32.3 Å². The number of nitrogens with zero attached hydrogens (tertiary/aromatic N) is 3. The fourth-order valence-corrected chi connectivity index (χ4v) is 3.21. The average molecular weight is 310 g/mol. The van der Waals surface area contributed by atoms with Crippen LogP contribution in [0.2, 0.25) is 0 Å². The lowest BCUT2D eigenvalue weighted by Crippen LogP contribution is -2.21. The minimum atomic E-state index is -4.39. The number of anilines is 1. The van der Waals surface area contributed by atoms with Gasteiger partial charge in [-0.15, -0.1) is 0 Å². The minimum Gasteiger partial charge on any atom is -0.370 e. The molecule has 2 aromatic heterocycles. The Kier molecular flexibility index (Phi) is 3.78. The molecule has 0 spiro atoms. The quantitative estimate of drug-likeness (QED) is 0.847. The average Bonchev–Trinajstić information content (AvgIpc) is 3.03. The summed E-state index contributed by atoms with van der Waals surface area (Å²) in [6.07, 6.45) is 2.37. The van der Waals surface area contributed by atoms with Crippen molar-refractivity contribution in [2.45, 2.75) is 32.9 Å². The number of imidazole rings is 1. The van der Waals surface area contributed by atoms with Crippen LogP contribution in [0.15, 0.2) is 24.7 Å². The summed E-state index contributed by atoms with van der Waals surface area (Å²) in [6.45, 7) is 5.81. The van der Waals surface area contributed by atoms with Gasteiger partial charge < -0.3 is 9.30 Å². The molecule has 6 heteroatoms. The van der Waals surface area contributed by atoms with E-state index in [1.807, 2.05) is 4.90 Å². The summed E-state index contributed by atoms with van der Waals surface area (Å²) in [5.41, 5.74) is -0.0875. The SMILES string of the molecule is C[C](C)C[C@@H]1CCN(c2cc(C(F)(F)F)c3nccn3c2)C1. The number of fused-ring (bicyclic) bond motifs is 1. The molecule has 3 heterocycles. The molecule has 0 saturated carbocycles. The van der Waals surface area contributed by atoms with Gasteiger partial charge in [-0.2, -0.15) is 13.2 Å². The summed E-state index contributed by atoms with van der Waals surface area (Å²) in [4.78, 5) is 5.87. The first kappa shape index (κ1) is 15.2. The van der Waals surface area contributed by atoms with Gasteiger partial charge in [0.05, 0.1) is 5.69 Å². The molecule has 1 saturated heterocycles. The molecule has 3 rings (SSSR count). The number of halogens is 3. The molecule has 22 heavy (non-hydrogen) atoms. The lowest BCUT2D eigenvalue weighted by molar-refractivity contribution is -0.136. The van der Waals surface area contributed by atoms with E-state index in [4.69, 9.17) is 0 Å². The summed E-state index contributed by atoms with van der Waals surface area (Å²) in [6, 6.07) is 1.23. The zero-order valence-corrected chi connectivity index (χ0v) is 12.7. The molecule has 0 aliphatic carbocycles. The molecule has 2 aromatic rings. The number of hydrogen-bond acceptors (Lipinski definition) is 2. The van der Waals surface area contributed by atoms with Gasteiger partial charge in [0.25, 0.3) is 0 Å². The number of aromatic nitrogens is 2. The van der Waals surface area contributed by atoms with Crippen molar-refractivity contribution in [1.82, 2.24) is 9.38 Å². The Balaban J connectivity index is 1.92. The number of hydrogen-bond donors (Lipinski definition) is 0. The molecule has 119 valence electrons. The Hall–Kier alpha value is -1.72. The Morgan fingerprint density at radius 3 is 2.82 bits per heavy atom. The van der Waals surface area contributed by atoms with E-state index in [9.17, 15) is 13.2 Å². The molecule has 1 atom stereocenters. The van der Waals surface area contributed by atoms with Crippen LogP contribution in [-0.4, -0.2) is 22.5 Å². The maximum atomic E-state index is 13.2. The highest BCUT2D eigenvalue weighted by Gasteiger charge is 2.35. The fraction of sp³-hybridized carbons (Fsp3) is 0.500. The molecule has 0 N–H and O–H groups in total. The van der Waals surface area contributed by atoms with E-state index in [2.05, 4.69) is 18.8 Å². The first-order valence-electron chi connectivity index (χ1n) is 7.42. The van der Waals surface area contributed by atoms with Gasteiger partial charge in [0.1, 0.15) is 11.2 Å². The van der Waals surface area contributed by atoms with E-state index in [1.54, 1.807) is 12.4 Å². The lowest BCUT2D eigenvalue weighted by Gasteiger charge is -2.21. The fourth-order valence-electron chi connectivity index (χ4n) is 3.21. The third-order valence-corrected chi connectivity index (χ3v) is 4.13. The molecule has 1 aliphatic rings. The summed E-state index contributed by atoms with van der Waals surface area (Å²) in [5.74, 6) is 1.89. The maximum Gasteiger partial charge on any atom is 0.420 e. The van der Waals surface area contributed by atoms with Crippen molar-refractivity contribution in [2.24, 2.45) is 5.92 Å². The molecule has 0 bridgehead atoms. The van der Waals surface area contributed by atoms with Gasteiger partial charge in [-0.3, -0.25) is 0 Å². The van der Waals surface area contributed by atoms with Crippen LogP contribution in [0.5, 0.6) is 0 Å². The zero-order valence-electron chi connectivity index (χ0n) is 12.7. The van der Waals surface area contributed by atoms with E-state index in [0.717, 1.165) is 25.9 Å². The molecule has 1 radical (unpaired) electrons. The van der Waals surface area contributed by atoms with Crippen LogP contribution in [0.3, 0.4) is 0 Å². The van der Waals surface area contributed by atoms with Crippen molar-refractivity contribution >= 4 is 11.3 Å². The van der Waals surface area contributed by atoms with Crippen LogP contribution in [0.4, 0.5) is 18.9 Å². The molecule has 0 aromatic carbocycles. The number of pyridine rings is 1. The number of rotatable bonds is 3. The van der Waals surface area contributed by atoms with Crippen molar-refractivity contribution in [1.29, 1.82) is 0 Å². The van der Waals surface area contributed by atoms with Crippen LogP contribution in [0.25, 0.3) is 5.65 Å². The third-order valence-electron chi connectivity index (χ3n) is 4.13. The standard InChI is InChI=1S/C16H19F3N3/c1-11(2)7-12-3-5-21(9-12)13-8-14(16(17,18)19)15-20-4-6-22(15)10-13/h4,6,8,10,12H,3,5,7,9H2,1-2H3/t12-/m0/s1. The highest BCUT2D eigenvalue weighted by Crippen LogP contribution is 2.36. The van der Waals surface area contributed by atoms with Gasteiger partial charge in [-0.05, 0) is 30.7 Å². The summed E-state index contributed by atoms with van der Waals surface area (Å²) in [7, 11) is 0. The molecular weight excluding hydrogens is 291 g/mol. The Labute approximate surface area is 127 Å². The third kappa shape index (κ3) is 2.91. The first-order valence-corrected chi connectivity index (χ1v) is 7.42. The smallest absolute Gasteiger partial charge is 0.370 e. The summed E-state index contributed by atoms with van der Waals surface area (Å²) >= 11 is 0. The van der Waals surface area contributed by atoms with Gasteiger partial charge in [0, 0.05) is 31.7 Å². The van der Waals surface area contributed by atoms with Gasteiger partial charge in [0.15, 0.2) is 0 Å². The van der Waals surface area contributed by atoms with Crippen molar-refractivity contribution in [2.75, 3.05) is 18.0 Å². The Morgan fingerprint density at radius 2 is 2.14 bits per heavy atom. The van der Waals surface area contributed by atoms with Gasteiger partial charge in [-0.1, -0.05) is 13.8 Å². The second-order valence-electron chi connectivity index (χ2n) is 6.28. The molecule has 0 amide bonds. The Morgan fingerprint density at radius 1 is 1.36 bits per heavy atom. The summed E-state index contributed by atoms with van der Waals surface area (Å²) < 4.78 is 41.2. The highest BCUT2D eigenvalue weighted by atomic mass is 19.4. The van der Waals surface area contributed by atoms with Gasteiger partial charge in [0.2, 0.25) is 0 Å². The predicted octanol–water partition coefficient (Wildman–Crippen LogP) is 4.18. The van der Waals surface area contributed by atoms with Crippen molar-refractivity contribution in [3.63, 3.8) is 0 Å². The monoisotopic (exact) mass is 310 g/mol. The molecular formula is C16H19F3N3. The van der Waals surface area contributed by atoms with Crippen molar-refractivity contribution < 1.29 is 13.2 Å². The molecule has 1 aliphatic heterocycles. The Bertz CT molecular complexity index is 660. The molecule has 1 fully saturated rings. The second kappa shape index (κ2) is 5.48. The van der Waals surface area contributed by atoms with Crippen LogP contribution in [0, 0.1) is 11.8 Å². The normalized spacial score (nSPS) is 19.5.